The topological polar surface area (TPSA) is 109 Å². The van der Waals surface area contributed by atoms with Crippen molar-refractivity contribution in [3.05, 3.63) is 41.8 Å². The average Bonchev–Trinajstić information content (AvgIpc) is 2.99. The van der Waals surface area contributed by atoms with Crippen LogP contribution in [0.5, 0.6) is 0 Å². The van der Waals surface area contributed by atoms with Gasteiger partial charge in [-0.05, 0) is 49.8 Å². The lowest BCUT2D eigenvalue weighted by atomic mass is 9.81. The van der Waals surface area contributed by atoms with Gasteiger partial charge in [-0.1, -0.05) is 18.2 Å². The molecule has 2 N–H and O–H groups in total. The van der Waals surface area contributed by atoms with Gasteiger partial charge in [0.25, 0.3) is 0 Å². The van der Waals surface area contributed by atoms with Crippen molar-refractivity contribution in [2.45, 2.75) is 36.6 Å². The molecule has 1 aliphatic heterocycles. The SMILES string of the molecule is O=C(NC1C=CS(=O)(=O)C1)C1CCC(CNS(=O)(=O)c2ccccc2)CC1. The summed E-state index contributed by atoms with van der Waals surface area (Å²) >= 11 is 0. The highest BCUT2D eigenvalue weighted by Crippen LogP contribution is 2.29. The molecule has 1 fully saturated rings. The van der Waals surface area contributed by atoms with E-state index in [0.29, 0.717) is 19.4 Å². The van der Waals surface area contributed by atoms with Crippen molar-refractivity contribution in [3.63, 3.8) is 0 Å². The Balaban J connectivity index is 1.44. The summed E-state index contributed by atoms with van der Waals surface area (Å²) in [5.41, 5.74) is 0. The van der Waals surface area contributed by atoms with Crippen LogP contribution in [0.15, 0.2) is 46.7 Å². The first-order valence-electron chi connectivity index (χ1n) is 9.01. The zero-order valence-corrected chi connectivity index (χ0v) is 16.5. The average molecular weight is 413 g/mol. The number of carbonyl (C=O) groups is 1. The number of nitrogens with one attached hydrogen (secondary N) is 2. The van der Waals surface area contributed by atoms with Crippen molar-refractivity contribution in [2.75, 3.05) is 12.3 Å². The van der Waals surface area contributed by atoms with E-state index in [-0.39, 0.29) is 28.4 Å². The van der Waals surface area contributed by atoms with E-state index in [4.69, 9.17) is 0 Å². The van der Waals surface area contributed by atoms with E-state index < -0.39 is 25.9 Å². The zero-order valence-electron chi connectivity index (χ0n) is 14.9. The predicted octanol–water partition coefficient (Wildman–Crippen LogP) is 1.20. The normalized spacial score (nSPS) is 27.3. The van der Waals surface area contributed by atoms with E-state index >= 15 is 0 Å². The van der Waals surface area contributed by atoms with Crippen molar-refractivity contribution in [3.8, 4) is 0 Å². The predicted molar refractivity (Wildman–Crippen MR) is 102 cm³/mol. The molecule has 9 heteroatoms. The standard InChI is InChI=1S/C18H24N2O5S2/c21-18(20-16-10-11-26(22,23)13-16)15-8-6-14(7-9-15)12-19-27(24,25)17-4-2-1-3-5-17/h1-5,10-11,14-16,19H,6-9,12-13H2,(H,20,21). The molecule has 1 heterocycles. The number of hydrogen-bond acceptors (Lipinski definition) is 5. The van der Waals surface area contributed by atoms with Gasteiger partial charge in [0.05, 0.1) is 16.7 Å². The molecule has 1 unspecified atom stereocenters. The third kappa shape index (κ3) is 5.40. The summed E-state index contributed by atoms with van der Waals surface area (Å²) < 4.78 is 50.0. The van der Waals surface area contributed by atoms with Crippen LogP contribution in [0.3, 0.4) is 0 Å². The summed E-state index contributed by atoms with van der Waals surface area (Å²) in [6.45, 7) is 0.356. The molecule has 148 valence electrons. The monoisotopic (exact) mass is 412 g/mol. The van der Waals surface area contributed by atoms with Gasteiger partial charge in [0.2, 0.25) is 15.9 Å². The van der Waals surface area contributed by atoms with Gasteiger partial charge >= 0.3 is 0 Å². The van der Waals surface area contributed by atoms with E-state index in [9.17, 15) is 21.6 Å². The number of sulfone groups is 1. The highest BCUT2D eigenvalue weighted by molar-refractivity contribution is 7.94. The molecule has 1 atom stereocenters. The lowest BCUT2D eigenvalue weighted by Crippen LogP contribution is -2.41. The zero-order chi connectivity index (χ0) is 19.5. The van der Waals surface area contributed by atoms with Crippen molar-refractivity contribution < 1.29 is 21.6 Å². The molecular weight excluding hydrogens is 388 g/mol. The van der Waals surface area contributed by atoms with Gasteiger partial charge in [-0.2, -0.15) is 0 Å². The molecule has 2 aliphatic rings. The van der Waals surface area contributed by atoms with Crippen molar-refractivity contribution in [1.29, 1.82) is 0 Å². The molecule has 1 aromatic rings. The highest BCUT2D eigenvalue weighted by Gasteiger charge is 2.30. The molecule has 1 amide bonds. The molecule has 27 heavy (non-hydrogen) atoms. The summed E-state index contributed by atoms with van der Waals surface area (Å²) in [5, 5.41) is 3.93. The van der Waals surface area contributed by atoms with Crippen LogP contribution < -0.4 is 10.0 Å². The Kier molecular flexibility index (Phi) is 6.02. The molecule has 0 bridgehead atoms. The maximum absolute atomic E-state index is 12.3. The number of sulfonamides is 1. The van der Waals surface area contributed by atoms with Gasteiger partial charge in [0.1, 0.15) is 0 Å². The lowest BCUT2D eigenvalue weighted by Gasteiger charge is -2.28. The summed E-state index contributed by atoms with van der Waals surface area (Å²) in [6.07, 6.45) is 4.37. The van der Waals surface area contributed by atoms with Crippen molar-refractivity contribution >= 4 is 25.8 Å². The number of hydrogen-bond donors (Lipinski definition) is 2. The number of rotatable bonds is 6. The smallest absolute Gasteiger partial charge is 0.240 e. The van der Waals surface area contributed by atoms with E-state index in [2.05, 4.69) is 10.0 Å². The van der Waals surface area contributed by atoms with Crippen LogP contribution in [-0.4, -0.2) is 41.1 Å². The molecule has 3 rings (SSSR count). The van der Waals surface area contributed by atoms with Gasteiger partial charge in [0, 0.05) is 17.9 Å². The van der Waals surface area contributed by atoms with E-state index in [0.717, 1.165) is 18.2 Å². The molecule has 1 aromatic carbocycles. The van der Waals surface area contributed by atoms with Gasteiger partial charge in [-0.25, -0.2) is 21.6 Å². The third-order valence-electron chi connectivity index (χ3n) is 5.09. The van der Waals surface area contributed by atoms with Crippen LogP contribution in [0.2, 0.25) is 0 Å². The largest absolute Gasteiger partial charge is 0.349 e. The van der Waals surface area contributed by atoms with Gasteiger partial charge in [-0.3, -0.25) is 4.79 Å². The summed E-state index contributed by atoms with van der Waals surface area (Å²) in [7, 11) is -6.70. The molecular formula is C18H24N2O5S2. The van der Waals surface area contributed by atoms with Crippen molar-refractivity contribution in [2.24, 2.45) is 11.8 Å². The van der Waals surface area contributed by atoms with Crippen LogP contribution in [0, 0.1) is 11.8 Å². The third-order valence-corrected chi connectivity index (χ3v) is 7.93. The summed E-state index contributed by atoms with van der Waals surface area (Å²) in [4.78, 5) is 12.6. The van der Waals surface area contributed by atoms with E-state index in [1.54, 1.807) is 30.3 Å². The number of carbonyl (C=O) groups excluding carboxylic acids is 1. The summed E-state index contributed by atoms with van der Waals surface area (Å²) in [6, 6.07) is 7.80. The van der Waals surface area contributed by atoms with Crippen LogP contribution >= 0.6 is 0 Å². The Labute approximate surface area is 160 Å². The molecule has 1 saturated carbocycles. The molecule has 0 radical (unpaired) electrons. The van der Waals surface area contributed by atoms with Crippen LogP contribution in [0.1, 0.15) is 25.7 Å². The molecule has 7 nitrogen and oxygen atoms in total. The number of amides is 1. The molecule has 0 aromatic heterocycles. The van der Waals surface area contributed by atoms with Gasteiger partial charge in [0.15, 0.2) is 9.84 Å². The van der Waals surface area contributed by atoms with Crippen LogP contribution in [0.25, 0.3) is 0 Å². The molecule has 1 aliphatic carbocycles. The first kappa shape index (κ1) is 20.0. The Morgan fingerprint density at radius 2 is 1.74 bits per heavy atom. The second-order valence-electron chi connectivity index (χ2n) is 7.16. The second kappa shape index (κ2) is 8.12. The minimum atomic E-state index is -3.51. The minimum Gasteiger partial charge on any atom is -0.349 e. The van der Waals surface area contributed by atoms with Gasteiger partial charge in [-0.15, -0.1) is 0 Å². The first-order valence-corrected chi connectivity index (χ1v) is 12.2. The number of benzene rings is 1. The Morgan fingerprint density at radius 1 is 1.07 bits per heavy atom. The maximum Gasteiger partial charge on any atom is 0.240 e. The fraction of sp³-hybridized carbons (Fsp3) is 0.500. The maximum atomic E-state index is 12.3. The van der Waals surface area contributed by atoms with Crippen LogP contribution in [-0.2, 0) is 24.7 Å². The lowest BCUT2D eigenvalue weighted by molar-refractivity contribution is -0.126. The van der Waals surface area contributed by atoms with E-state index in [1.165, 1.54) is 6.08 Å². The molecule has 0 spiro atoms. The summed E-state index contributed by atoms with van der Waals surface area (Å²) in [5.74, 6) is -0.150. The van der Waals surface area contributed by atoms with Crippen molar-refractivity contribution in [1.82, 2.24) is 10.0 Å². The Morgan fingerprint density at radius 3 is 2.33 bits per heavy atom. The first-order chi connectivity index (χ1) is 12.8. The fourth-order valence-electron chi connectivity index (χ4n) is 3.51. The fourth-order valence-corrected chi connectivity index (χ4v) is 5.88. The Hall–Kier alpha value is -1.71. The quantitative estimate of drug-likeness (QED) is 0.730. The van der Waals surface area contributed by atoms with E-state index in [1.807, 2.05) is 0 Å². The van der Waals surface area contributed by atoms with Crippen LogP contribution in [0.4, 0.5) is 0 Å². The van der Waals surface area contributed by atoms with Gasteiger partial charge < -0.3 is 5.32 Å². The second-order valence-corrected chi connectivity index (χ2v) is 10.9. The minimum absolute atomic E-state index is 0.0741. The Bertz CT molecular complexity index is 902. The molecule has 0 saturated heterocycles. The highest BCUT2D eigenvalue weighted by atomic mass is 32.2.